The third-order valence-electron chi connectivity index (χ3n) is 2.49. The summed E-state index contributed by atoms with van der Waals surface area (Å²) in [4.78, 5) is 18.7. The number of carboxylic acid groups (broad SMARTS) is 1. The molecular weight excluding hydrogens is 300 g/mol. The van der Waals surface area contributed by atoms with Crippen LogP contribution in [0.4, 0.5) is 0 Å². The van der Waals surface area contributed by atoms with Gasteiger partial charge in [-0.3, -0.25) is 0 Å². The van der Waals surface area contributed by atoms with E-state index >= 15 is 0 Å². The SMILES string of the molecule is COc1ncc(Cl)c(Oc2ccc(C(=O)O)cc2OC)n1. The summed E-state index contributed by atoms with van der Waals surface area (Å²) in [6.07, 6.45) is 1.33. The number of benzene rings is 1. The number of halogens is 1. The summed E-state index contributed by atoms with van der Waals surface area (Å²) in [5, 5.41) is 9.12. The second-order valence-corrected chi connectivity index (χ2v) is 4.19. The van der Waals surface area contributed by atoms with E-state index in [-0.39, 0.29) is 34.0 Å². The number of carboxylic acids is 1. The summed E-state index contributed by atoms with van der Waals surface area (Å²) in [5.41, 5.74) is 0.0746. The minimum atomic E-state index is -1.07. The van der Waals surface area contributed by atoms with Crippen molar-refractivity contribution in [2.24, 2.45) is 0 Å². The minimum absolute atomic E-state index is 0.0740. The van der Waals surface area contributed by atoms with Gasteiger partial charge in [0.05, 0.1) is 26.0 Å². The Balaban J connectivity index is 2.37. The largest absolute Gasteiger partial charge is 0.493 e. The highest BCUT2D eigenvalue weighted by atomic mass is 35.5. The fourth-order valence-electron chi connectivity index (χ4n) is 1.50. The van der Waals surface area contributed by atoms with Crippen LogP contribution >= 0.6 is 11.6 Å². The van der Waals surface area contributed by atoms with Crippen molar-refractivity contribution in [3.8, 4) is 23.4 Å². The number of carbonyl (C=O) groups is 1. The van der Waals surface area contributed by atoms with Crippen LogP contribution in [0, 0.1) is 0 Å². The topological polar surface area (TPSA) is 90.8 Å². The summed E-state index contributed by atoms with van der Waals surface area (Å²) in [6, 6.07) is 4.26. The molecule has 0 radical (unpaired) electrons. The maximum Gasteiger partial charge on any atom is 0.335 e. The summed E-state index contributed by atoms with van der Waals surface area (Å²) in [5.74, 6) is -0.486. The molecule has 1 heterocycles. The Morgan fingerprint density at radius 2 is 2.00 bits per heavy atom. The molecule has 8 heteroatoms. The van der Waals surface area contributed by atoms with Gasteiger partial charge >= 0.3 is 12.0 Å². The Morgan fingerprint density at radius 1 is 1.24 bits per heavy atom. The molecule has 1 aromatic carbocycles. The number of nitrogens with zero attached hydrogens (tertiary/aromatic N) is 2. The lowest BCUT2D eigenvalue weighted by molar-refractivity contribution is 0.0696. The van der Waals surface area contributed by atoms with Crippen LogP contribution in [-0.4, -0.2) is 35.3 Å². The number of rotatable bonds is 5. The third kappa shape index (κ3) is 3.32. The van der Waals surface area contributed by atoms with Gasteiger partial charge < -0.3 is 19.3 Å². The van der Waals surface area contributed by atoms with Crippen LogP contribution < -0.4 is 14.2 Å². The number of aromatic nitrogens is 2. The first-order valence-electron chi connectivity index (χ1n) is 5.71. The molecule has 0 aliphatic carbocycles. The molecule has 1 aromatic heterocycles. The molecule has 0 aliphatic heterocycles. The molecule has 2 aromatic rings. The van der Waals surface area contributed by atoms with E-state index in [9.17, 15) is 4.79 Å². The summed E-state index contributed by atoms with van der Waals surface area (Å²) >= 11 is 5.94. The van der Waals surface area contributed by atoms with Gasteiger partial charge in [-0.15, -0.1) is 0 Å². The number of ether oxygens (including phenoxy) is 3. The van der Waals surface area contributed by atoms with Crippen molar-refractivity contribution in [2.75, 3.05) is 14.2 Å². The van der Waals surface area contributed by atoms with E-state index < -0.39 is 5.97 Å². The second kappa shape index (κ2) is 6.27. The average molecular weight is 311 g/mol. The predicted octanol–water partition coefficient (Wildman–Crippen LogP) is 2.64. The molecule has 0 unspecified atom stereocenters. The fraction of sp³-hybridized carbons (Fsp3) is 0.154. The zero-order chi connectivity index (χ0) is 15.4. The van der Waals surface area contributed by atoms with Gasteiger partial charge in [0.25, 0.3) is 0 Å². The van der Waals surface area contributed by atoms with E-state index in [2.05, 4.69) is 9.97 Å². The molecule has 0 fully saturated rings. The summed E-state index contributed by atoms with van der Waals surface area (Å²) in [7, 11) is 2.81. The Labute approximate surface area is 125 Å². The highest BCUT2D eigenvalue weighted by Crippen LogP contribution is 2.34. The minimum Gasteiger partial charge on any atom is -0.493 e. The van der Waals surface area contributed by atoms with Gasteiger partial charge in [-0.1, -0.05) is 11.6 Å². The van der Waals surface area contributed by atoms with Crippen LogP contribution in [0.25, 0.3) is 0 Å². The molecule has 7 nitrogen and oxygen atoms in total. The van der Waals surface area contributed by atoms with Crippen molar-refractivity contribution in [3.05, 3.63) is 35.0 Å². The molecular formula is C13H11ClN2O5. The molecule has 0 spiro atoms. The van der Waals surface area contributed by atoms with E-state index in [1.165, 1.54) is 38.6 Å². The number of methoxy groups -OCH3 is 2. The lowest BCUT2D eigenvalue weighted by Gasteiger charge is -2.11. The Hall–Kier alpha value is -2.54. The monoisotopic (exact) mass is 310 g/mol. The maximum atomic E-state index is 10.9. The molecule has 0 aliphatic rings. The third-order valence-corrected chi connectivity index (χ3v) is 2.75. The van der Waals surface area contributed by atoms with Gasteiger partial charge in [0.2, 0.25) is 5.88 Å². The zero-order valence-electron chi connectivity index (χ0n) is 11.2. The van der Waals surface area contributed by atoms with E-state index in [1.54, 1.807) is 0 Å². The Kier molecular flexibility index (Phi) is 4.44. The van der Waals surface area contributed by atoms with E-state index in [0.717, 1.165) is 0 Å². The normalized spacial score (nSPS) is 10.0. The predicted molar refractivity (Wildman–Crippen MR) is 73.6 cm³/mol. The second-order valence-electron chi connectivity index (χ2n) is 3.78. The number of aromatic carboxylic acids is 1. The number of hydrogen-bond acceptors (Lipinski definition) is 6. The lowest BCUT2D eigenvalue weighted by Crippen LogP contribution is -2.00. The first kappa shape index (κ1) is 14.9. The van der Waals surface area contributed by atoms with Crippen LogP contribution in [0.3, 0.4) is 0 Å². The highest BCUT2D eigenvalue weighted by molar-refractivity contribution is 6.31. The van der Waals surface area contributed by atoms with E-state index in [0.29, 0.717) is 0 Å². The van der Waals surface area contributed by atoms with Crippen molar-refractivity contribution in [1.82, 2.24) is 9.97 Å². The average Bonchev–Trinajstić information content (AvgIpc) is 2.49. The van der Waals surface area contributed by atoms with Crippen LogP contribution in [0.1, 0.15) is 10.4 Å². The van der Waals surface area contributed by atoms with Gasteiger partial charge in [0.15, 0.2) is 11.5 Å². The molecule has 21 heavy (non-hydrogen) atoms. The quantitative estimate of drug-likeness (QED) is 0.907. The van der Waals surface area contributed by atoms with Crippen LogP contribution in [-0.2, 0) is 0 Å². The summed E-state index contributed by atoms with van der Waals surface area (Å²) < 4.78 is 15.5. The van der Waals surface area contributed by atoms with Crippen molar-refractivity contribution < 1.29 is 24.1 Å². The Bertz CT molecular complexity index is 678. The summed E-state index contributed by atoms with van der Waals surface area (Å²) in [6.45, 7) is 0. The maximum absolute atomic E-state index is 10.9. The first-order chi connectivity index (χ1) is 10.0. The van der Waals surface area contributed by atoms with Crippen LogP contribution in [0.15, 0.2) is 24.4 Å². The van der Waals surface area contributed by atoms with E-state index in [1.807, 2.05) is 0 Å². The fourth-order valence-corrected chi connectivity index (χ4v) is 1.62. The van der Waals surface area contributed by atoms with Crippen molar-refractivity contribution in [2.45, 2.75) is 0 Å². The molecule has 110 valence electrons. The molecule has 2 rings (SSSR count). The molecule has 0 saturated heterocycles. The van der Waals surface area contributed by atoms with Crippen molar-refractivity contribution in [3.63, 3.8) is 0 Å². The molecule has 0 amide bonds. The van der Waals surface area contributed by atoms with Crippen LogP contribution in [0.5, 0.6) is 23.4 Å². The van der Waals surface area contributed by atoms with Gasteiger partial charge in [0.1, 0.15) is 5.02 Å². The molecule has 0 atom stereocenters. The van der Waals surface area contributed by atoms with Gasteiger partial charge in [-0.2, -0.15) is 4.98 Å². The molecule has 0 saturated carbocycles. The number of hydrogen-bond donors (Lipinski definition) is 1. The van der Waals surface area contributed by atoms with Crippen LogP contribution in [0.2, 0.25) is 5.02 Å². The van der Waals surface area contributed by atoms with Crippen molar-refractivity contribution in [1.29, 1.82) is 0 Å². The first-order valence-corrected chi connectivity index (χ1v) is 6.08. The van der Waals surface area contributed by atoms with Gasteiger partial charge in [-0.05, 0) is 18.2 Å². The standard InChI is InChI=1S/C13H11ClN2O5/c1-19-10-5-7(12(17)18)3-4-9(10)21-11-8(14)6-15-13(16-11)20-2/h3-6H,1-2H3,(H,17,18). The Morgan fingerprint density at radius 3 is 2.62 bits per heavy atom. The van der Waals surface area contributed by atoms with Crippen molar-refractivity contribution >= 4 is 17.6 Å². The zero-order valence-corrected chi connectivity index (χ0v) is 11.9. The van der Waals surface area contributed by atoms with Gasteiger partial charge in [0, 0.05) is 0 Å². The molecule has 1 N–H and O–H groups in total. The smallest absolute Gasteiger partial charge is 0.335 e. The van der Waals surface area contributed by atoms with Gasteiger partial charge in [-0.25, -0.2) is 9.78 Å². The lowest BCUT2D eigenvalue weighted by atomic mass is 10.2. The highest BCUT2D eigenvalue weighted by Gasteiger charge is 2.14. The molecule has 0 bridgehead atoms. The van der Waals surface area contributed by atoms with E-state index in [4.69, 9.17) is 30.9 Å².